The van der Waals surface area contributed by atoms with E-state index in [0.717, 1.165) is 16.9 Å². The maximum atomic E-state index is 11.3. The summed E-state index contributed by atoms with van der Waals surface area (Å²) in [6, 6.07) is 9.08. The summed E-state index contributed by atoms with van der Waals surface area (Å²) in [6.45, 7) is 0.494. The van der Waals surface area contributed by atoms with Gasteiger partial charge in [-0.3, -0.25) is 4.79 Å². The third kappa shape index (κ3) is 2.31. The van der Waals surface area contributed by atoms with E-state index in [9.17, 15) is 4.79 Å². The quantitative estimate of drug-likeness (QED) is 0.749. The molecule has 6 heteroatoms. The van der Waals surface area contributed by atoms with Crippen LogP contribution in [0.1, 0.15) is 15.9 Å². The lowest BCUT2D eigenvalue weighted by atomic mass is 10.1. The van der Waals surface area contributed by atoms with Crippen LogP contribution in [0.4, 0.5) is 5.69 Å². The van der Waals surface area contributed by atoms with E-state index >= 15 is 0 Å². The van der Waals surface area contributed by atoms with Crippen LogP contribution in [0.2, 0.25) is 0 Å². The highest BCUT2D eigenvalue weighted by Crippen LogP contribution is 2.12. The second kappa shape index (κ2) is 5.00. The molecule has 2 aromatic heterocycles. The molecule has 6 nitrogen and oxygen atoms in total. The Balaban J connectivity index is 1.80. The average molecular weight is 267 g/mol. The van der Waals surface area contributed by atoms with E-state index in [1.165, 1.54) is 0 Å². The van der Waals surface area contributed by atoms with E-state index in [1.54, 1.807) is 29.0 Å². The highest BCUT2D eigenvalue weighted by Gasteiger charge is 2.07. The van der Waals surface area contributed by atoms with Crippen molar-refractivity contribution in [1.82, 2.24) is 14.6 Å². The Bertz CT molecular complexity index is 765. The second-order valence-corrected chi connectivity index (χ2v) is 4.35. The molecule has 0 radical (unpaired) electrons. The molecule has 0 fully saturated rings. The number of aromatic nitrogens is 3. The number of fused-ring (bicyclic) bond motifs is 1. The lowest BCUT2D eigenvalue weighted by molar-refractivity contribution is 0.0999. The van der Waals surface area contributed by atoms with E-state index in [0.29, 0.717) is 12.1 Å². The van der Waals surface area contributed by atoms with Gasteiger partial charge in [-0.25, -0.2) is 9.50 Å². The maximum absolute atomic E-state index is 11.3. The van der Waals surface area contributed by atoms with Crippen LogP contribution >= 0.6 is 0 Å². The SMILES string of the molecule is NC(=O)c1ccccc1CNc1cnc2ccnn2c1. The van der Waals surface area contributed by atoms with Gasteiger partial charge in [-0.1, -0.05) is 18.2 Å². The first kappa shape index (κ1) is 12.2. The minimum Gasteiger partial charge on any atom is -0.378 e. The van der Waals surface area contributed by atoms with Gasteiger partial charge in [-0.2, -0.15) is 5.10 Å². The molecule has 0 aliphatic carbocycles. The van der Waals surface area contributed by atoms with Gasteiger partial charge in [0.2, 0.25) is 5.91 Å². The summed E-state index contributed by atoms with van der Waals surface area (Å²) in [5.74, 6) is -0.428. The van der Waals surface area contributed by atoms with Crippen LogP contribution in [0.5, 0.6) is 0 Å². The first-order valence-electron chi connectivity index (χ1n) is 6.15. The van der Waals surface area contributed by atoms with Crippen LogP contribution < -0.4 is 11.1 Å². The number of hydrogen-bond acceptors (Lipinski definition) is 4. The Hall–Kier alpha value is -2.89. The van der Waals surface area contributed by atoms with E-state index in [-0.39, 0.29) is 0 Å². The Labute approximate surface area is 115 Å². The fourth-order valence-electron chi connectivity index (χ4n) is 2.01. The molecular formula is C14H13N5O. The molecule has 0 bridgehead atoms. The van der Waals surface area contributed by atoms with E-state index in [2.05, 4.69) is 15.4 Å². The highest BCUT2D eigenvalue weighted by atomic mass is 16.1. The van der Waals surface area contributed by atoms with Gasteiger partial charge in [0, 0.05) is 18.2 Å². The highest BCUT2D eigenvalue weighted by molar-refractivity contribution is 5.94. The van der Waals surface area contributed by atoms with Crippen LogP contribution in [0.25, 0.3) is 5.65 Å². The molecule has 0 unspecified atom stereocenters. The van der Waals surface area contributed by atoms with Crippen molar-refractivity contribution >= 4 is 17.2 Å². The lowest BCUT2D eigenvalue weighted by Gasteiger charge is -2.09. The molecule has 0 spiro atoms. The summed E-state index contributed by atoms with van der Waals surface area (Å²) >= 11 is 0. The summed E-state index contributed by atoms with van der Waals surface area (Å²) in [5, 5.41) is 7.33. The predicted octanol–water partition coefficient (Wildman–Crippen LogP) is 1.44. The zero-order chi connectivity index (χ0) is 13.9. The van der Waals surface area contributed by atoms with Gasteiger partial charge in [-0.05, 0) is 11.6 Å². The van der Waals surface area contributed by atoms with Crippen LogP contribution in [0, 0.1) is 0 Å². The molecule has 0 aliphatic rings. The zero-order valence-electron chi connectivity index (χ0n) is 10.7. The van der Waals surface area contributed by atoms with Crippen molar-refractivity contribution in [1.29, 1.82) is 0 Å². The standard InChI is InChI=1S/C14H13N5O/c15-14(20)12-4-2-1-3-10(12)7-16-11-8-17-13-5-6-18-19(13)9-11/h1-6,8-9,16H,7H2,(H2,15,20). The molecule has 20 heavy (non-hydrogen) atoms. The first-order valence-corrected chi connectivity index (χ1v) is 6.15. The Morgan fingerprint density at radius 1 is 1.30 bits per heavy atom. The fraction of sp³-hybridized carbons (Fsp3) is 0.0714. The molecule has 3 rings (SSSR count). The van der Waals surface area contributed by atoms with Crippen LogP contribution in [-0.4, -0.2) is 20.5 Å². The van der Waals surface area contributed by atoms with E-state index in [1.807, 2.05) is 24.4 Å². The molecule has 0 saturated carbocycles. The van der Waals surface area contributed by atoms with Gasteiger partial charge in [0.15, 0.2) is 5.65 Å². The van der Waals surface area contributed by atoms with Gasteiger partial charge in [0.05, 0.1) is 24.3 Å². The van der Waals surface area contributed by atoms with Crippen molar-refractivity contribution in [3.8, 4) is 0 Å². The summed E-state index contributed by atoms with van der Waals surface area (Å²) in [5.41, 5.74) is 8.33. The van der Waals surface area contributed by atoms with Gasteiger partial charge in [-0.15, -0.1) is 0 Å². The number of benzene rings is 1. The normalized spacial score (nSPS) is 10.6. The number of anilines is 1. The number of nitrogens with zero attached hydrogens (tertiary/aromatic N) is 3. The summed E-state index contributed by atoms with van der Waals surface area (Å²) in [4.78, 5) is 15.6. The van der Waals surface area contributed by atoms with Gasteiger partial charge < -0.3 is 11.1 Å². The molecule has 100 valence electrons. The fourth-order valence-corrected chi connectivity index (χ4v) is 2.01. The largest absolute Gasteiger partial charge is 0.378 e. The van der Waals surface area contributed by atoms with Crippen molar-refractivity contribution in [2.75, 3.05) is 5.32 Å². The van der Waals surface area contributed by atoms with E-state index < -0.39 is 5.91 Å². The third-order valence-corrected chi connectivity index (χ3v) is 3.01. The Morgan fingerprint density at radius 2 is 2.15 bits per heavy atom. The van der Waals surface area contributed by atoms with Gasteiger partial charge in [0.1, 0.15) is 0 Å². The number of carbonyl (C=O) groups is 1. The van der Waals surface area contributed by atoms with Crippen molar-refractivity contribution in [3.63, 3.8) is 0 Å². The average Bonchev–Trinajstić information content (AvgIpc) is 2.92. The molecular weight excluding hydrogens is 254 g/mol. The number of amides is 1. The van der Waals surface area contributed by atoms with Gasteiger partial charge in [0.25, 0.3) is 0 Å². The Morgan fingerprint density at radius 3 is 3.00 bits per heavy atom. The van der Waals surface area contributed by atoms with E-state index in [4.69, 9.17) is 5.73 Å². The molecule has 0 atom stereocenters. The monoisotopic (exact) mass is 267 g/mol. The number of hydrogen-bond donors (Lipinski definition) is 2. The Kier molecular flexibility index (Phi) is 3.04. The minimum absolute atomic E-state index is 0.428. The zero-order valence-corrected chi connectivity index (χ0v) is 10.7. The smallest absolute Gasteiger partial charge is 0.249 e. The third-order valence-electron chi connectivity index (χ3n) is 3.01. The molecule has 3 N–H and O–H groups in total. The van der Waals surface area contributed by atoms with Crippen molar-refractivity contribution in [2.45, 2.75) is 6.54 Å². The number of nitrogens with one attached hydrogen (secondary N) is 1. The predicted molar refractivity (Wildman–Crippen MR) is 75.3 cm³/mol. The minimum atomic E-state index is -0.428. The summed E-state index contributed by atoms with van der Waals surface area (Å²) in [6.07, 6.45) is 5.26. The first-order chi connectivity index (χ1) is 9.74. The summed E-state index contributed by atoms with van der Waals surface area (Å²) in [7, 11) is 0. The molecule has 0 aliphatic heterocycles. The molecule has 2 heterocycles. The van der Waals surface area contributed by atoms with Crippen molar-refractivity contribution in [2.24, 2.45) is 5.73 Å². The van der Waals surface area contributed by atoms with Crippen molar-refractivity contribution in [3.05, 3.63) is 60.0 Å². The molecule has 1 amide bonds. The van der Waals surface area contributed by atoms with Crippen LogP contribution in [-0.2, 0) is 6.54 Å². The molecule has 3 aromatic rings. The lowest BCUT2D eigenvalue weighted by Crippen LogP contribution is -2.15. The van der Waals surface area contributed by atoms with Crippen molar-refractivity contribution < 1.29 is 4.79 Å². The second-order valence-electron chi connectivity index (χ2n) is 4.35. The number of nitrogens with two attached hydrogens (primary N) is 1. The number of rotatable bonds is 4. The van der Waals surface area contributed by atoms with Crippen LogP contribution in [0.15, 0.2) is 48.9 Å². The van der Waals surface area contributed by atoms with Gasteiger partial charge >= 0.3 is 0 Å². The maximum Gasteiger partial charge on any atom is 0.249 e. The molecule has 1 aromatic carbocycles. The topological polar surface area (TPSA) is 85.3 Å². The summed E-state index contributed by atoms with van der Waals surface area (Å²) < 4.78 is 1.68. The number of carbonyl (C=O) groups excluding carboxylic acids is 1. The molecule has 0 saturated heterocycles. The number of primary amides is 1. The van der Waals surface area contributed by atoms with Crippen LogP contribution in [0.3, 0.4) is 0 Å².